The molecule has 1 aromatic carbocycles. The minimum atomic E-state index is -0.0619. The van der Waals surface area contributed by atoms with Crippen LogP contribution >= 0.6 is 0 Å². The van der Waals surface area contributed by atoms with Gasteiger partial charge in [0.05, 0.1) is 0 Å². The van der Waals surface area contributed by atoms with Crippen LogP contribution in [0.15, 0.2) is 24.3 Å². The van der Waals surface area contributed by atoms with Crippen LogP contribution in [0.2, 0.25) is 0 Å². The Morgan fingerprint density at radius 3 is 2.60 bits per heavy atom. The van der Waals surface area contributed by atoms with E-state index in [0.29, 0.717) is 6.04 Å². The predicted octanol–water partition coefficient (Wildman–Crippen LogP) is 3.25. The van der Waals surface area contributed by atoms with Crippen LogP contribution in [0.25, 0.3) is 0 Å². The molecule has 0 saturated heterocycles. The predicted molar refractivity (Wildman–Crippen MR) is 81.8 cm³/mol. The van der Waals surface area contributed by atoms with Crippen molar-refractivity contribution in [3.05, 3.63) is 29.8 Å². The molecule has 108 valence electrons. The van der Waals surface area contributed by atoms with Gasteiger partial charge in [0.15, 0.2) is 0 Å². The summed E-state index contributed by atoms with van der Waals surface area (Å²) in [6.07, 6.45) is 9.34. The first-order chi connectivity index (χ1) is 9.83. The van der Waals surface area contributed by atoms with Gasteiger partial charge in [-0.15, -0.1) is 0 Å². The fraction of sp³-hybridized carbons (Fsp3) is 0.588. The van der Waals surface area contributed by atoms with Gasteiger partial charge in [-0.3, -0.25) is 4.79 Å². The summed E-state index contributed by atoms with van der Waals surface area (Å²) in [6, 6.07) is 8.63. The number of amides is 1. The first-order valence-corrected chi connectivity index (χ1v) is 7.98. The third-order valence-corrected chi connectivity index (χ3v) is 4.57. The van der Waals surface area contributed by atoms with Crippen molar-refractivity contribution in [2.24, 2.45) is 0 Å². The maximum atomic E-state index is 12.4. The molecule has 1 aromatic rings. The van der Waals surface area contributed by atoms with Gasteiger partial charge >= 0.3 is 0 Å². The van der Waals surface area contributed by atoms with E-state index in [1.807, 2.05) is 6.07 Å². The van der Waals surface area contributed by atoms with Gasteiger partial charge in [-0.05, 0) is 37.3 Å². The van der Waals surface area contributed by atoms with Crippen molar-refractivity contribution in [2.75, 3.05) is 5.32 Å². The number of carbonyl (C=O) groups is 1. The van der Waals surface area contributed by atoms with Gasteiger partial charge in [-0.25, -0.2) is 0 Å². The zero-order valence-corrected chi connectivity index (χ0v) is 12.0. The van der Waals surface area contributed by atoms with Crippen molar-refractivity contribution in [2.45, 2.75) is 63.5 Å². The number of rotatable bonds is 2. The molecule has 0 spiro atoms. The molecule has 0 radical (unpaired) electrons. The SMILES string of the molecule is O=C(NC1CCCCCC1)[C@@H]1CCc2ccccc2N1. The van der Waals surface area contributed by atoms with Gasteiger partial charge in [0, 0.05) is 11.7 Å². The minimum absolute atomic E-state index is 0.0619. The average Bonchev–Trinajstić information content (AvgIpc) is 2.75. The monoisotopic (exact) mass is 272 g/mol. The smallest absolute Gasteiger partial charge is 0.242 e. The van der Waals surface area contributed by atoms with E-state index < -0.39 is 0 Å². The van der Waals surface area contributed by atoms with Crippen LogP contribution in [-0.4, -0.2) is 18.0 Å². The Hall–Kier alpha value is -1.51. The number of para-hydroxylation sites is 1. The van der Waals surface area contributed by atoms with E-state index in [0.717, 1.165) is 31.4 Å². The molecule has 0 aromatic heterocycles. The van der Waals surface area contributed by atoms with E-state index >= 15 is 0 Å². The van der Waals surface area contributed by atoms with E-state index in [2.05, 4.69) is 28.8 Å². The third kappa shape index (κ3) is 3.14. The van der Waals surface area contributed by atoms with Crippen LogP contribution in [0.5, 0.6) is 0 Å². The van der Waals surface area contributed by atoms with Crippen LogP contribution in [0, 0.1) is 0 Å². The molecule has 3 nitrogen and oxygen atoms in total. The molecule has 20 heavy (non-hydrogen) atoms. The number of benzene rings is 1. The number of hydrogen-bond acceptors (Lipinski definition) is 2. The van der Waals surface area contributed by atoms with Gasteiger partial charge in [0.1, 0.15) is 6.04 Å². The normalized spacial score (nSPS) is 23.3. The topological polar surface area (TPSA) is 41.1 Å². The Bertz CT molecular complexity index is 464. The molecule has 2 aliphatic rings. The quantitative estimate of drug-likeness (QED) is 0.811. The Morgan fingerprint density at radius 1 is 1.05 bits per heavy atom. The van der Waals surface area contributed by atoms with Gasteiger partial charge in [-0.1, -0.05) is 43.9 Å². The van der Waals surface area contributed by atoms with Gasteiger partial charge < -0.3 is 10.6 Å². The number of anilines is 1. The molecular weight excluding hydrogens is 248 g/mol. The minimum Gasteiger partial charge on any atom is -0.373 e. The van der Waals surface area contributed by atoms with Crippen LogP contribution < -0.4 is 10.6 Å². The molecule has 1 aliphatic heterocycles. The second kappa shape index (κ2) is 6.29. The molecule has 0 bridgehead atoms. The van der Waals surface area contributed by atoms with E-state index in [-0.39, 0.29) is 11.9 Å². The highest BCUT2D eigenvalue weighted by molar-refractivity contribution is 5.85. The van der Waals surface area contributed by atoms with E-state index in [1.54, 1.807) is 0 Å². The number of nitrogens with one attached hydrogen (secondary N) is 2. The fourth-order valence-electron chi connectivity index (χ4n) is 3.36. The molecule has 1 amide bonds. The Kier molecular flexibility index (Phi) is 4.24. The van der Waals surface area contributed by atoms with Crippen molar-refractivity contribution in [1.82, 2.24) is 5.32 Å². The second-order valence-electron chi connectivity index (χ2n) is 6.09. The molecule has 0 unspecified atom stereocenters. The van der Waals surface area contributed by atoms with Crippen molar-refractivity contribution in [3.8, 4) is 0 Å². The third-order valence-electron chi connectivity index (χ3n) is 4.57. The molecule has 1 aliphatic carbocycles. The van der Waals surface area contributed by atoms with Crippen LogP contribution in [0.4, 0.5) is 5.69 Å². The number of hydrogen-bond donors (Lipinski definition) is 2. The molecule has 3 rings (SSSR count). The van der Waals surface area contributed by atoms with Crippen molar-refractivity contribution >= 4 is 11.6 Å². The number of fused-ring (bicyclic) bond motifs is 1. The highest BCUT2D eigenvalue weighted by Crippen LogP contribution is 2.25. The van der Waals surface area contributed by atoms with E-state index in [1.165, 1.54) is 31.2 Å². The summed E-state index contributed by atoms with van der Waals surface area (Å²) in [5, 5.41) is 6.65. The molecule has 1 fully saturated rings. The molecule has 1 saturated carbocycles. The highest BCUT2D eigenvalue weighted by atomic mass is 16.2. The van der Waals surface area contributed by atoms with E-state index in [9.17, 15) is 4.79 Å². The zero-order valence-electron chi connectivity index (χ0n) is 12.0. The highest BCUT2D eigenvalue weighted by Gasteiger charge is 2.25. The Morgan fingerprint density at radius 2 is 1.80 bits per heavy atom. The van der Waals surface area contributed by atoms with Crippen LogP contribution in [-0.2, 0) is 11.2 Å². The molecular formula is C17H24N2O. The molecule has 3 heteroatoms. The summed E-state index contributed by atoms with van der Waals surface area (Å²) in [6.45, 7) is 0. The summed E-state index contributed by atoms with van der Waals surface area (Å²) >= 11 is 0. The maximum absolute atomic E-state index is 12.4. The Labute approximate surface area is 121 Å². The van der Waals surface area contributed by atoms with E-state index in [4.69, 9.17) is 0 Å². The fourth-order valence-corrected chi connectivity index (χ4v) is 3.36. The second-order valence-corrected chi connectivity index (χ2v) is 6.09. The molecule has 1 heterocycles. The number of aryl methyl sites for hydroxylation is 1. The average molecular weight is 272 g/mol. The zero-order chi connectivity index (χ0) is 13.8. The summed E-state index contributed by atoms with van der Waals surface area (Å²) in [4.78, 5) is 12.4. The van der Waals surface area contributed by atoms with Crippen LogP contribution in [0.3, 0.4) is 0 Å². The lowest BCUT2D eigenvalue weighted by Gasteiger charge is -2.28. The van der Waals surface area contributed by atoms with Gasteiger partial charge in [0.25, 0.3) is 0 Å². The molecule has 1 atom stereocenters. The first-order valence-electron chi connectivity index (χ1n) is 7.98. The standard InChI is InChI=1S/C17H24N2O/c20-17(18-14-8-3-1-2-4-9-14)16-12-11-13-7-5-6-10-15(13)19-16/h5-7,10,14,16,19H,1-4,8-9,11-12H2,(H,18,20)/t16-/m0/s1. The van der Waals surface area contributed by atoms with Crippen molar-refractivity contribution < 1.29 is 4.79 Å². The maximum Gasteiger partial charge on any atom is 0.242 e. The Balaban J connectivity index is 1.58. The summed E-state index contributed by atoms with van der Waals surface area (Å²) < 4.78 is 0. The lowest BCUT2D eigenvalue weighted by molar-refractivity contribution is -0.122. The lowest BCUT2D eigenvalue weighted by Crippen LogP contribution is -2.45. The van der Waals surface area contributed by atoms with Gasteiger partial charge in [0.2, 0.25) is 5.91 Å². The summed E-state index contributed by atoms with van der Waals surface area (Å²) in [5.74, 6) is 0.186. The van der Waals surface area contributed by atoms with Crippen molar-refractivity contribution in [1.29, 1.82) is 0 Å². The lowest BCUT2D eigenvalue weighted by atomic mass is 9.97. The first kappa shape index (κ1) is 13.5. The van der Waals surface area contributed by atoms with Gasteiger partial charge in [-0.2, -0.15) is 0 Å². The number of carbonyl (C=O) groups excluding carboxylic acids is 1. The summed E-state index contributed by atoms with van der Waals surface area (Å²) in [7, 11) is 0. The van der Waals surface area contributed by atoms with Crippen LogP contribution in [0.1, 0.15) is 50.5 Å². The van der Waals surface area contributed by atoms with Crippen molar-refractivity contribution in [3.63, 3.8) is 0 Å². The molecule has 2 N–H and O–H groups in total. The summed E-state index contributed by atoms with van der Waals surface area (Å²) in [5.41, 5.74) is 2.45. The largest absolute Gasteiger partial charge is 0.373 e.